The fraction of sp³-hybridized carbons (Fsp3) is 0.478. The molecule has 0 saturated carbocycles. The summed E-state index contributed by atoms with van der Waals surface area (Å²) in [6.07, 6.45) is 3.74. The SMILES string of the molecule is COC(=O)C1CCN(Cc2cc(C)c(C3CN(c4c(Cl)cccc4Cl)C3)cn2)CC1. The highest BCUT2D eigenvalue weighted by Crippen LogP contribution is 2.40. The van der Waals surface area contributed by atoms with Crippen LogP contribution < -0.4 is 4.90 Å². The number of anilines is 1. The lowest BCUT2D eigenvalue weighted by molar-refractivity contribution is -0.147. The van der Waals surface area contributed by atoms with Gasteiger partial charge in [-0.2, -0.15) is 0 Å². The number of hydrogen-bond acceptors (Lipinski definition) is 5. The zero-order chi connectivity index (χ0) is 21.3. The van der Waals surface area contributed by atoms with Crippen molar-refractivity contribution in [2.24, 2.45) is 5.92 Å². The van der Waals surface area contributed by atoms with E-state index in [0.717, 1.165) is 56.9 Å². The van der Waals surface area contributed by atoms with Crippen LogP contribution in [0.1, 0.15) is 35.6 Å². The molecule has 4 rings (SSSR count). The van der Waals surface area contributed by atoms with Crippen LogP contribution >= 0.6 is 23.2 Å². The maximum Gasteiger partial charge on any atom is 0.308 e. The molecule has 5 nitrogen and oxygen atoms in total. The molecule has 0 amide bonds. The molecule has 2 saturated heterocycles. The molecule has 0 N–H and O–H groups in total. The molecule has 3 heterocycles. The number of hydrogen-bond donors (Lipinski definition) is 0. The van der Waals surface area contributed by atoms with E-state index >= 15 is 0 Å². The first-order valence-electron chi connectivity index (χ1n) is 10.4. The number of para-hydroxylation sites is 1. The first kappa shape index (κ1) is 21.4. The lowest BCUT2D eigenvalue weighted by Crippen LogP contribution is -2.45. The number of carbonyl (C=O) groups excluding carboxylic acids is 1. The van der Waals surface area contributed by atoms with Crippen LogP contribution in [-0.4, -0.2) is 49.1 Å². The molecule has 2 fully saturated rings. The Kier molecular flexibility index (Phi) is 6.51. The summed E-state index contributed by atoms with van der Waals surface area (Å²) in [4.78, 5) is 21.0. The van der Waals surface area contributed by atoms with Crippen molar-refractivity contribution in [2.75, 3.05) is 38.2 Å². The van der Waals surface area contributed by atoms with E-state index < -0.39 is 0 Å². The molecule has 0 spiro atoms. The van der Waals surface area contributed by atoms with Gasteiger partial charge in [0.15, 0.2) is 0 Å². The third-order valence-corrected chi connectivity index (χ3v) is 6.90. The summed E-state index contributed by atoms with van der Waals surface area (Å²) in [5, 5.41) is 1.39. The molecular weight excluding hydrogens is 421 g/mol. The van der Waals surface area contributed by atoms with Crippen molar-refractivity contribution in [3.8, 4) is 0 Å². The number of likely N-dealkylation sites (tertiary alicyclic amines) is 1. The van der Waals surface area contributed by atoms with Gasteiger partial charge in [0.05, 0.1) is 34.5 Å². The number of benzene rings is 1. The zero-order valence-electron chi connectivity index (χ0n) is 17.4. The highest BCUT2D eigenvalue weighted by atomic mass is 35.5. The number of carbonyl (C=O) groups is 1. The van der Waals surface area contributed by atoms with Crippen LogP contribution in [0.15, 0.2) is 30.5 Å². The van der Waals surface area contributed by atoms with Gasteiger partial charge in [0, 0.05) is 31.7 Å². The van der Waals surface area contributed by atoms with Gasteiger partial charge < -0.3 is 9.64 Å². The summed E-state index contributed by atoms with van der Waals surface area (Å²) in [5.74, 6) is 0.395. The Bertz CT molecular complexity index is 902. The second-order valence-corrected chi connectivity index (χ2v) is 9.09. The quantitative estimate of drug-likeness (QED) is 0.622. The van der Waals surface area contributed by atoms with Crippen LogP contribution in [0.25, 0.3) is 0 Å². The van der Waals surface area contributed by atoms with Gasteiger partial charge in [0.2, 0.25) is 0 Å². The van der Waals surface area contributed by atoms with Crippen molar-refractivity contribution < 1.29 is 9.53 Å². The van der Waals surface area contributed by atoms with E-state index in [4.69, 9.17) is 32.9 Å². The van der Waals surface area contributed by atoms with Gasteiger partial charge in [-0.1, -0.05) is 29.3 Å². The van der Waals surface area contributed by atoms with E-state index in [2.05, 4.69) is 22.8 Å². The van der Waals surface area contributed by atoms with Gasteiger partial charge in [0.1, 0.15) is 0 Å². The van der Waals surface area contributed by atoms with Crippen LogP contribution in [0.2, 0.25) is 10.0 Å². The molecule has 160 valence electrons. The molecule has 2 aliphatic heterocycles. The van der Waals surface area contributed by atoms with E-state index in [1.807, 2.05) is 24.4 Å². The smallest absolute Gasteiger partial charge is 0.308 e. The number of nitrogens with zero attached hydrogens (tertiary/aromatic N) is 3. The predicted octanol–water partition coefficient (Wildman–Crippen LogP) is 4.69. The van der Waals surface area contributed by atoms with Crippen molar-refractivity contribution in [3.63, 3.8) is 0 Å². The molecule has 30 heavy (non-hydrogen) atoms. The summed E-state index contributed by atoms with van der Waals surface area (Å²) in [5.41, 5.74) is 4.58. The lowest BCUT2D eigenvalue weighted by Gasteiger charge is -2.42. The molecule has 7 heteroatoms. The van der Waals surface area contributed by atoms with E-state index in [0.29, 0.717) is 16.0 Å². The Labute approximate surface area is 187 Å². The number of esters is 1. The van der Waals surface area contributed by atoms with Crippen LogP contribution in [0.3, 0.4) is 0 Å². The minimum Gasteiger partial charge on any atom is -0.469 e. The number of methoxy groups -OCH3 is 1. The monoisotopic (exact) mass is 447 g/mol. The van der Waals surface area contributed by atoms with Gasteiger partial charge >= 0.3 is 5.97 Å². The minimum atomic E-state index is -0.0828. The molecule has 2 aromatic rings. The Morgan fingerprint density at radius 2 is 1.87 bits per heavy atom. The van der Waals surface area contributed by atoms with Gasteiger partial charge in [-0.25, -0.2) is 0 Å². The average molecular weight is 448 g/mol. The number of halogens is 2. The number of aryl methyl sites for hydroxylation is 1. The predicted molar refractivity (Wildman–Crippen MR) is 120 cm³/mol. The molecule has 1 aromatic carbocycles. The van der Waals surface area contributed by atoms with Crippen molar-refractivity contribution >= 4 is 34.9 Å². The first-order chi connectivity index (χ1) is 14.5. The third kappa shape index (κ3) is 4.43. The second-order valence-electron chi connectivity index (χ2n) is 8.28. The summed E-state index contributed by atoms with van der Waals surface area (Å²) < 4.78 is 4.87. The molecule has 0 atom stereocenters. The number of aromatic nitrogens is 1. The summed E-state index contributed by atoms with van der Waals surface area (Å²) in [6.45, 7) is 6.58. The highest BCUT2D eigenvalue weighted by molar-refractivity contribution is 6.39. The number of pyridine rings is 1. The van der Waals surface area contributed by atoms with Gasteiger partial charge in [0.25, 0.3) is 0 Å². The molecule has 1 aromatic heterocycles. The van der Waals surface area contributed by atoms with Crippen molar-refractivity contribution in [2.45, 2.75) is 32.2 Å². The Morgan fingerprint density at radius 3 is 2.47 bits per heavy atom. The van der Waals surface area contributed by atoms with Gasteiger partial charge in [-0.3, -0.25) is 14.7 Å². The standard InChI is InChI=1S/C23H27Cl2N3O2/c1-15-10-18(14-27-8-6-16(7-9-27)23(29)30-2)26-11-19(15)17-12-28(13-17)22-20(24)4-3-5-21(22)25/h3-5,10-11,16-17H,6-9,12-14H2,1-2H3. The number of piperidine rings is 1. The minimum absolute atomic E-state index is 0.0384. The second kappa shape index (κ2) is 9.13. The van der Waals surface area contributed by atoms with Crippen LogP contribution in [0, 0.1) is 12.8 Å². The first-order valence-corrected chi connectivity index (χ1v) is 11.2. The number of ether oxygens (including phenoxy) is 1. The summed E-state index contributed by atoms with van der Waals surface area (Å²) in [7, 11) is 1.47. The van der Waals surface area contributed by atoms with Gasteiger partial charge in [-0.05, 0) is 62.2 Å². The van der Waals surface area contributed by atoms with Crippen LogP contribution in [-0.2, 0) is 16.1 Å². The largest absolute Gasteiger partial charge is 0.469 e. The van der Waals surface area contributed by atoms with Gasteiger partial charge in [-0.15, -0.1) is 0 Å². The highest BCUT2D eigenvalue weighted by Gasteiger charge is 2.32. The maximum atomic E-state index is 11.7. The molecule has 0 unspecified atom stereocenters. The maximum absolute atomic E-state index is 11.7. The van der Waals surface area contributed by atoms with E-state index in [-0.39, 0.29) is 11.9 Å². The Hall–Kier alpha value is -1.82. The summed E-state index contributed by atoms with van der Waals surface area (Å²) in [6, 6.07) is 7.83. The summed E-state index contributed by atoms with van der Waals surface area (Å²) >= 11 is 12.7. The number of rotatable bonds is 5. The molecule has 0 bridgehead atoms. The third-order valence-electron chi connectivity index (χ3n) is 6.29. The lowest BCUT2D eigenvalue weighted by atomic mass is 9.89. The average Bonchev–Trinajstić information content (AvgIpc) is 2.70. The Balaban J connectivity index is 1.34. The fourth-order valence-electron chi connectivity index (χ4n) is 4.51. The molecular formula is C23H27Cl2N3O2. The van der Waals surface area contributed by atoms with E-state index in [9.17, 15) is 4.79 Å². The normalized spacial score (nSPS) is 18.3. The van der Waals surface area contributed by atoms with E-state index in [1.54, 1.807) is 0 Å². The molecule has 2 aliphatic rings. The Morgan fingerprint density at radius 1 is 1.20 bits per heavy atom. The molecule has 0 aliphatic carbocycles. The van der Waals surface area contributed by atoms with Crippen molar-refractivity contribution in [1.82, 2.24) is 9.88 Å². The van der Waals surface area contributed by atoms with Crippen molar-refractivity contribution in [1.29, 1.82) is 0 Å². The zero-order valence-corrected chi connectivity index (χ0v) is 18.9. The van der Waals surface area contributed by atoms with Crippen molar-refractivity contribution in [3.05, 3.63) is 57.3 Å². The van der Waals surface area contributed by atoms with Crippen LogP contribution in [0.5, 0.6) is 0 Å². The topological polar surface area (TPSA) is 45.7 Å². The fourth-order valence-corrected chi connectivity index (χ4v) is 5.15. The van der Waals surface area contributed by atoms with Crippen LogP contribution in [0.4, 0.5) is 5.69 Å². The van der Waals surface area contributed by atoms with E-state index in [1.165, 1.54) is 18.2 Å². The molecule has 0 radical (unpaired) electrons.